The fourth-order valence-corrected chi connectivity index (χ4v) is 4.05. The fourth-order valence-electron chi connectivity index (χ4n) is 4.05. The highest BCUT2D eigenvalue weighted by Crippen LogP contribution is 2.58. The van der Waals surface area contributed by atoms with Gasteiger partial charge in [-0.15, -0.1) is 0 Å². The van der Waals surface area contributed by atoms with E-state index in [1.54, 1.807) is 5.57 Å². The van der Waals surface area contributed by atoms with Gasteiger partial charge < -0.3 is 5.11 Å². The molecular weight excluding hydrogens is 196 g/mol. The predicted octanol–water partition coefficient (Wildman–Crippen LogP) is 3.16. The molecule has 0 aromatic heterocycles. The van der Waals surface area contributed by atoms with Gasteiger partial charge in [0.05, 0.1) is 6.10 Å². The second-order valence-corrected chi connectivity index (χ2v) is 6.05. The van der Waals surface area contributed by atoms with Gasteiger partial charge in [-0.2, -0.15) is 0 Å². The third-order valence-corrected chi connectivity index (χ3v) is 5.10. The Morgan fingerprint density at radius 3 is 3.00 bits per heavy atom. The SMILES string of the molecule is CC(O)C(C)/C=C1/CC2CC1C1C=CCC21. The Labute approximate surface area is 98.2 Å². The van der Waals surface area contributed by atoms with Gasteiger partial charge in [-0.05, 0) is 55.8 Å². The van der Waals surface area contributed by atoms with Crippen molar-refractivity contribution in [2.75, 3.05) is 0 Å². The van der Waals surface area contributed by atoms with Crippen LogP contribution in [0.4, 0.5) is 0 Å². The van der Waals surface area contributed by atoms with E-state index in [0.29, 0.717) is 5.92 Å². The lowest BCUT2D eigenvalue weighted by molar-refractivity contribution is 0.156. The van der Waals surface area contributed by atoms with Crippen LogP contribution >= 0.6 is 0 Å². The van der Waals surface area contributed by atoms with Gasteiger partial charge in [-0.25, -0.2) is 0 Å². The van der Waals surface area contributed by atoms with Crippen molar-refractivity contribution in [3.63, 3.8) is 0 Å². The molecule has 1 N–H and O–H groups in total. The molecule has 3 rings (SSSR count). The molecule has 0 saturated heterocycles. The second-order valence-electron chi connectivity index (χ2n) is 6.05. The van der Waals surface area contributed by atoms with Crippen molar-refractivity contribution in [2.45, 2.75) is 39.2 Å². The molecule has 1 nitrogen and oxygen atoms in total. The molecule has 2 fully saturated rings. The highest BCUT2D eigenvalue weighted by Gasteiger charge is 2.49. The van der Waals surface area contributed by atoms with Crippen LogP contribution in [0.15, 0.2) is 23.8 Å². The van der Waals surface area contributed by atoms with Crippen LogP contribution in [-0.4, -0.2) is 11.2 Å². The van der Waals surface area contributed by atoms with Crippen molar-refractivity contribution < 1.29 is 5.11 Å². The van der Waals surface area contributed by atoms with Crippen LogP contribution in [0.5, 0.6) is 0 Å². The van der Waals surface area contributed by atoms with Crippen LogP contribution in [0, 0.1) is 29.6 Å². The van der Waals surface area contributed by atoms with Gasteiger partial charge >= 0.3 is 0 Å². The van der Waals surface area contributed by atoms with Crippen molar-refractivity contribution in [1.82, 2.24) is 0 Å². The normalized spacial score (nSPS) is 46.3. The quantitative estimate of drug-likeness (QED) is 0.706. The first-order valence-electron chi connectivity index (χ1n) is 6.72. The summed E-state index contributed by atoms with van der Waals surface area (Å²) in [5.74, 6) is 3.88. The fraction of sp³-hybridized carbons (Fsp3) is 0.733. The van der Waals surface area contributed by atoms with Crippen LogP contribution in [0.1, 0.15) is 33.1 Å². The van der Waals surface area contributed by atoms with Crippen LogP contribution < -0.4 is 0 Å². The number of rotatable bonds is 2. The summed E-state index contributed by atoms with van der Waals surface area (Å²) in [6, 6.07) is 0. The molecule has 3 aliphatic carbocycles. The summed E-state index contributed by atoms with van der Waals surface area (Å²) >= 11 is 0. The average molecular weight is 218 g/mol. The molecule has 1 heteroatoms. The summed E-state index contributed by atoms with van der Waals surface area (Å²) in [7, 11) is 0. The Balaban J connectivity index is 1.79. The largest absolute Gasteiger partial charge is 0.393 e. The topological polar surface area (TPSA) is 20.2 Å². The molecule has 0 aliphatic heterocycles. The maximum Gasteiger partial charge on any atom is 0.0572 e. The summed E-state index contributed by atoms with van der Waals surface area (Å²) < 4.78 is 0. The number of aliphatic hydroxyl groups is 1. The standard InChI is InChI=1S/C15H22O/c1-9(10(2)16)6-11-7-12-8-15(11)14-5-3-4-13(12)14/h3,5-6,9-10,12-16H,4,7-8H2,1-2H3/b11-6-. The number of hydrogen-bond donors (Lipinski definition) is 1. The minimum atomic E-state index is -0.207. The second kappa shape index (κ2) is 3.73. The van der Waals surface area contributed by atoms with E-state index < -0.39 is 0 Å². The Hall–Kier alpha value is -0.560. The van der Waals surface area contributed by atoms with Gasteiger partial charge in [-0.1, -0.05) is 30.7 Å². The molecule has 3 aliphatic rings. The van der Waals surface area contributed by atoms with Crippen molar-refractivity contribution in [3.05, 3.63) is 23.8 Å². The first kappa shape index (κ1) is 10.6. The molecular formula is C15H22O. The predicted molar refractivity (Wildman–Crippen MR) is 65.9 cm³/mol. The molecule has 88 valence electrons. The Morgan fingerprint density at radius 2 is 2.25 bits per heavy atom. The summed E-state index contributed by atoms with van der Waals surface area (Å²) in [4.78, 5) is 0. The summed E-state index contributed by atoms with van der Waals surface area (Å²) in [5.41, 5.74) is 1.64. The molecule has 0 amide bonds. The maximum atomic E-state index is 9.58. The molecule has 6 unspecified atom stereocenters. The van der Waals surface area contributed by atoms with Gasteiger partial charge in [0, 0.05) is 0 Å². The van der Waals surface area contributed by atoms with Crippen molar-refractivity contribution in [1.29, 1.82) is 0 Å². The lowest BCUT2D eigenvalue weighted by atomic mass is 9.78. The van der Waals surface area contributed by atoms with Gasteiger partial charge in [0.15, 0.2) is 0 Å². The van der Waals surface area contributed by atoms with Crippen molar-refractivity contribution in [3.8, 4) is 0 Å². The van der Waals surface area contributed by atoms with E-state index in [-0.39, 0.29) is 6.10 Å². The van der Waals surface area contributed by atoms with Gasteiger partial charge in [-0.3, -0.25) is 0 Å². The maximum absolute atomic E-state index is 9.58. The van der Waals surface area contributed by atoms with Gasteiger partial charge in [0.2, 0.25) is 0 Å². The summed E-state index contributed by atoms with van der Waals surface area (Å²) in [6.07, 6.45) is 11.0. The zero-order chi connectivity index (χ0) is 11.3. The van der Waals surface area contributed by atoms with Crippen molar-refractivity contribution in [2.24, 2.45) is 29.6 Å². The Kier molecular flexibility index (Phi) is 2.47. The van der Waals surface area contributed by atoms with Crippen LogP contribution in [0.3, 0.4) is 0 Å². The number of aliphatic hydroxyl groups excluding tert-OH is 1. The number of allylic oxidation sites excluding steroid dienone is 3. The van der Waals surface area contributed by atoms with E-state index in [1.165, 1.54) is 19.3 Å². The molecule has 0 aromatic carbocycles. The number of hydrogen-bond acceptors (Lipinski definition) is 1. The van der Waals surface area contributed by atoms with E-state index in [1.807, 2.05) is 6.92 Å². The highest BCUT2D eigenvalue weighted by molar-refractivity contribution is 5.27. The Bertz CT molecular complexity index is 339. The molecule has 16 heavy (non-hydrogen) atoms. The molecule has 2 saturated carbocycles. The monoisotopic (exact) mass is 218 g/mol. The summed E-state index contributed by atoms with van der Waals surface area (Å²) in [6.45, 7) is 4.03. The van der Waals surface area contributed by atoms with Crippen LogP contribution in [-0.2, 0) is 0 Å². The zero-order valence-electron chi connectivity index (χ0n) is 10.3. The van der Waals surface area contributed by atoms with E-state index in [9.17, 15) is 5.11 Å². The van der Waals surface area contributed by atoms with Gasteiger partial charge in [0.1, 0.15) is 0 Å². The highest BCUT2D eigenvalue weighted by atomic mass is 16.3. The average Bonchev–Trinajstić information content (AvgIpc) is 2.87. The number of fused-ring (bicyclic) bond motifs is 5. The van der Waals surface area contributed by atoms with E-state index in [2.05, 4.69) is 25.2 Å². The smallest absolute Gasteiger partial charge is 0.0572 e. The molecule has 0 spiro atoms. The molecule has 0 heterocycles. The van der Waals surface area contributed by atoms with Gasteiger partial charge in [0.25, 0.3) is 0 Å². The van der Waals surface area contributed by atoms with E-state index in [4.69, 9.17) is 0 Å². The zero-order valence-corrected chi connectivity index (χ0v) is 10.3. The third kappa shape index (κ3) is 1.48. The molecule has 6 atom stereocenters. The minimum absolute atomic E-state index is 0.207. The molecule has 0 radical (unpaired) electrons. The van der Waals surface area contributed by atoms with E-state index in [0.717, 1.165) is 23.7 Å². The lowest BCUT2D eigenvalue weighted by Gasteiger charge is -2.27. The van der Waals surface area contributed by atoms with Crippen LogP contribution in [0.2, 0.25) is 0 Å². The molecule has 2 bridgehead atoms. The molecule has 0 aromatic rings. The first-order valence-corrected chi connectivity index (χ1v) is 6.72. The lowest BCUT2D eigenvalue weighted by Crippen LogP contribution is -2.20. The Morgan fingerprint density at radius 1 is 1.44 bits per heavy atom. The minimum Gasteiger partial charge on any atom is -0.393 e. The van der Waals surface area contributed by atoms with Crippen molar-refractivity contribution >= 4 is 0 Å². The first-order chi connectivity index (χ1) is 7.66. The third-order valence-electron chi connectivity index (χ3n) is 5.10. The van der Waals surface area contributed by atoms with E-state index >= 15 is 0 Å². The van der Waals surface area contributed by atoms with Crippen LogP contribution in [0.25, 0.3) is 0 Å². The summed E-state index contributed by atoms with van der Waals surface area (Å²) in [5, 5.41) is 9.58.